The quantitative estimate of drug-likeness (QED) is 0.792. The first-order valence-corrected chi connectivity index (χ1v) is 7.46. The van der Waals surface area contributed by atoms with Crippen molar-refractivity contribution in [2.24, 2.45) is 0 Å². The lowest BCUT2D eigenvalue weighted by molar-refractivity contribution is -0.204. The maximum atomic E-state index is 12.4. The average Bonchev–Trinajstić information content (AvgIpc) is 2.65. The number of alkyl halides is 3. The van der Waals surface area contributed by atoms with Crippen molar-refractivity contribution in [1.82, 2.24) is 0 Å². The number of carbonyl (C=O) groups is 1. The van der Waals surface area contributed by atoms with Crippen LogP contribution in [0.1, 0.15) is 11.1 Å². The zero-order chi connectivity index (χ0) is 19.4. The van der Waals surface area contributed by atoms with E-state index in [0.717, 1.165) is 0 Å². The highest BCUT2D eigenvalue weighted by atomic mass is 19.4. The molecule has 0 heterocycles. The molecule has 0 atom stereocenters. The normalized spacial score (nSPS) is 11.8. The van der Waals surface area contributed by atoms with Crippen LogP contribution in [0.5, 0.6) is 11.5 Å². The Labute approximate surface area is 147 Å². The van der Waals surface area contributed by atoms with Crippen molar-refractivity contribution in [3.05, 3.63) is 59.7 Å². The van der Waals surface area contributed by atoms with Gasteiger partial charge in [-0.3, -0.25) is 0 Å². The molecule has 5 nitrogen and oxygen atoms in total. The summed E-state index contributed by atoms with van der Waals surface area (Å²) in [7, 11) is 2.91. The molecule has 26 heavy (non-hydrogen) atoms. The third-order valence-corrected chi connectivity index (χ3v) is 3.78. The summed E-state index contributed by atoms with van der Waals surface area (Å²) in [5, 5.41) is 11.1. The average molecular weight is 370 g/mol. The van der Waals surface area contributed by atoms with E-state index >= 15 is 0 Å². The van der Waals surface area contributed by atoms with Crippen molar-refractivity contribution in [2.45, 2.75) is 11.8 Å². The topological polar surface area (TPSA) is 65.0 Å². The van der Waals surface area contributed by atoms with Crippen molar-refractivity contribution in [3.8, 4) is 11.5 Å². The van der Waals surface area contributed by atoms with E-state index in [9.17, 15) is 23.1 Å². The highest BCUT2D eigenvalue weighted by Crippen LogP contribution is 2.33. The molecule has 0 aliphatic heterocycles. The Kier molecular flexibility index (Phi) is 5.76. The Morgan fingerprint density at radius 1 is 0.885 bits per heavy atom. The van der Waals surface area contributed by atoms with Crippen LogP contribution >= 0.6 is 0 Å². The fraction of sp³-hybridized carbons (Fsp3) is 0.278. The molecule has 1 N–H and O–H groups in total. The van der Waals surface area contributed by atoms with Crippen LogP contribution in [-0.4, -0.2) is 38.1 Å². The smallest absolute Gasteiger partial charge is 0.490 e. The number of hydrogen-bond donors (Lipinski definition) is 1. The third kappa shape index (κ3) is 4.26. The fourth-order valence-electron chi connectivity index (χ4n) is 2.32. The summed E-state index contributed by atoms with van der Waals surface area (Å²) in [6.07, 6.45) is -5.15. The standard InChI is InChI=1S/C18H17F3O5/c1-24-14-7-3-12(4-8-14)17(23,11-26-16(22)18(19,20)21)13-5-9-15(25-2)10-6-13/h3-10,23H,11H2,1-2H3. The fourth-order valence-corrected chi connectivity index (χ4v) is 2.32. The Hall–Kier alpha value is -2.74. The van der Waals surface area contributed by atoms with E-state index in [0.29, 0.717) is 11.5 Å². The Morgan fingerprint density at radius 2 is 1.27 bits per heavy atom. The molecule has 0 saturated heterocycles. The predicted octanol–water partition coefficient (Wildman–Crippen LogP) is 3.05. The molecule has 2 aromatic rings. The van der Waals surface area contributed by atoms with Crippen LogP contribution in [0, 0.1) is 0 Å². The van der Waals surface area contributed by atoms with E-state index < -0.39 is 24.4 Å². The monoisotopic (exact) mass is 370 g/mol. The van der Waals surface area contributed by atoms with E-state index in [2.05, 4.69) is 4.74 Å². The van der Waals surface area contributed by atoms with Crippen LogP contribution < -0.4 is 9.47 Å². The second-order valence-corrected chi connectivity index (χ2v) is 5.39. The molecule has 0 radical (unpaired) electrons. The van der Waals surface area contributed by atoms with Gasteiger partial charge in [-0.2, -0.15) is 13.2 Å². The number of benzene rings is 2. The van der Waals surface area contributed by atoms with Crippen LogP contribution in [0.3, 0.4) is 0 Å². The highest BCUT2D eigenvalue weighted by Gasteiger charge is 2.43. The first kappa shape index (κ1) is 19.6. The zero-order valence-electron chi connectivity index (χ0n) is 14.0. The van der Waals surface area contributed by atoms with Gasteiger partial charge in [0.1, 0.15) is 23.7 Å². The van der Waals surface area contributed by atoms with Gasteiger partial charge in [0.2, 0.25) is 0 Å². The molecule has 0 bridgehead atoms. The molecular formula is C18H17F3O5. The number of halogens is 3. The highest BCUT2D eigenvalue weighted by molar-refractivity contribution is 5.75. The number of methoxy groups -OCH3 is 2. The molecule has 0 amide bonds. The summed E-state index contributed by atoms with van der Waals surface area (Å²) < 4.78 is 51.7. The summed E-state index contributed by atoms with van der Waals surface area (Å²) in [6.45, 7) is -0.913. The van der Waals surface area contributed by atoms with Crippen molar-refractivity contribution in [2.75, 3.05) is 20.8 Å². The number of esters is 1. The van der Waals surface area contributed by atoms with Gasteiger partial charge in [-0.1, -0.05) is 24.3 Å². The Morgan fingerprint density at radius 3 is 1.58 bits per heavy atom. The summed E-state index contributed by atoms with van der Waals surface area (Å²) in [4.78, 5) is 11.1. The molecule has 8 heteroatoms. The Balaban J connectivity index is 2.40. The van der Waals surface area contributed by atoms with Gasteiger partial charge in [-0.15, -0.1) is 0 Å². The largest absolute Gasteiger partial charge is 0.497 e. The number of hydrogen-bond acceptors (Lipinski definition) is 5. The number of aliphatic hydroxyl groups is 1. The SMILES string of the molecule is COc1ccc(C(O)(COC(=O)C(F)(F)F)c2ccc(OC)cc2)cc1. The van der Waals surface area contributed by atoms with E-state index in [1.807, 2.05) is 0 Å². The van der Waals surface area contributed by atoms with Gasteiger partial charge >= 0.3 is 12.1 Å². The maximum absolute atomic E-state index is 12.4. The van der Waals surface area contributed by atoms with Gasteiger partial charge in [-0.05, 0) is 35.4 Å². The number of carbonyl (C=O) groups excluding carboxylic acids is 1. The zero-order valence-corrected chi connectivity index (χ0v) is 14.0. The van der Waals surface area contributed by atoms with Gasteiger partial charge in [-0.25, -0.2) is 4.79 Å². The molecule has 0 fully saturated rings. The molecule has 0 unspecified atom stereocenters. The lowest BCUT2D eigenvalue weighted by Crippen LogP contribution is -2.37. The lowest BCUT2D eigenvalue weighted by atomic mass is 9.87. The molecular weight excluding hydrogens is 353 g/mol. The minimum absolute atomic E-state index is 0.235. The van der Waals surface area contributed by atoms with E-state index in [4.69, 9.17) is 9.47 Å². The van der Waals surface area contributed by atoms with E-state index in [1.165, 1.54) is 62.8 Å². The first-order chi connectivity index (χ1) is 12.2. The maximum Gasteiger partial charge on any atom is 0.490 e. The van der Waals surface area contributed by atoms with Gasteiger partial charge < -0.3 is 19.3 Å². The second-order valence-electron chi connectivity index (χ2n) is 5.39. The van der Waals surface area contributed by atoms with Crippen LogP contribution in [-0.2, 0) is 15.1 Å². The second kappa shape index (κ2) is 7.65. The van der Waals surface area contributed by atoms with Gasteiger partial charge in [0.25, 0.3) is 0 Å². The molecule has 0 aliphatic rings. The van der Waals surface area contributed by atoms with Crippen molar-refractivity contribution < 1.29 is 37.3 Å². The molecule has 2 aromatic carbocycles. The molecule has 2 rings (SSSR count). The van der Waals surface area contributed by atoms with Crippen molar-refractivity contribution >= 4 is 5.97 Å². The number of rotatable bonds is 6. The van der Waals surface area contributed by atoms with Crippen LogP contribution in [0.4, 0.5) is 13.2 Å². The molecule has 0 saturated carbocycles. The van der Waals surface area contributed by atoms with Crippen LogP contribution in [0.25, 0.3) is 0 Å². The molecule has 0 spiro atoms. The van der Waals surface area contributed by atoms with Crippen LogP contribution in [0.2, 0.25) is 0 Å². The molecule has 0 aliphatic carbocycles. The van der Waals surface area contributed by atoms with Gasteiger partial charge in [0, 0.05) is 0 Å². The summed E-state index contributed by atoms with van der Waals surface area (Å²) in [6, 6.07) is 12.1. The third-order valence-electron chi connectivity index (χ3n) is 3.78. The van der Waals surface area contributed by atoms with Gasteiger partial charge in [0.15, 0.2) is 0 Å². The predicted molar refractivity (Wildman–Crippen MR) is 86.0 cm³/mol. The summed E-state index contributed by atoms with van der Waals surface area (Å²) in [5.41, 5.74) is -1.52. The molecule has 0 aromatic heterocycles. The van der Waals surface area contributed by atoms with Crippen LogP contribution in [0.15, 0.2) is 48.5 Å². The van der Waals surface area contributed by atoms with Crippen molar-refractivity contribution in [3.63, 3.8) is 0 Å². The summed E-state index contributed by atoms with van der Waals surface area (Å²) in [5.74, 6) is -1.38. The number of ether oxygens (including phenoxy) is 3. The minimum Gasteiger partial charge on any atom is -0.497 e. The summed E-state index contributed by atoms with van der Waals surface area (Å²) >= 11 is 0. The van der Waals surface area contributed by atoms with Crippen molar-refractivity contribution in [1.29, 1.82) is 0 Å². The minimum atomic E-state index is -5.15. The van der Waals surface area contributed by atoms with E-state index in [1.54, 1.807) is 0 Å². The first-order valence-electron chi connectivity index (χ1n) is 7.46. The van der Waals surface area contributed by atoms with E-state index in [-0.39, 0.29) is 11.1 Å². The lowest BCUT2D eigenvalue weighted by Gasteiger charge is -2.29. The Bertz CT molecular complexity index is 691. The van der Waals surface area contributed by atoms with Gasteiger partial charge in [0.05, 0.1) is 14.2 Å². The molecule has 140 valence electrons.